The molecule has 0 heterocycles. The smallest absolute Gasteiger partial charge is 0.244 e. The van der Waals surface area contributed by atoms with Gasteiger partial charge in [-0.3, -0.25) is 13.9 Å². The molecule has 0 aliphatic carbocycles. The molecule has 8 nitrogen and oxygen atoms in total. The van der Waals surface area contributed by atoms with Gasteiger partial charge in [-0.05, 0) is 31.0 Å². The van der Waals surface area contributed by atoms with E-state index in [0.29, 0.717) is 12.2 Å². The zero-order valence-electron chi connectivity index (χ0n) is 18.2. The third kappa shape index (κ3) is 6.45. The number of carbonyl (C=O) groups is 2. The van der Waals surface area contributed by atoms with E-state index >= 15 is 0 Å². The van der Waals surface area contributed by atoms with Gasteiger partial charge in [0.2, 0.25) is 21.8 Å². The molecule has 2 aromatic carbocycles. The molecule has 0 aliphatic rings. The number of rotatable bonds is 10. The minimum Gasteiger partial charge on any atom is -0.495 e. The summed E-state index contributed by atoms with van der Waals surface area (Å²) in [6, 6.07) is 15.4. The van der Waals surface area contributed by atoms with Gasteiger partial charge in [-0.25, -0.2) is 8.42 Å². The average Bonchev–Trinajstić information content (AvgIpc) is 2.76. The Hall–Kier alpha value is -3.07. The van der Waals surface area contributed by atoms with Crippen LogP contribution in [0.5, 0.6) is 5.75 Å². The Kier molecular flexibility index (Phi) is 8.44. The van der Waals surface area contributed by atoms with Crippen LogP contribution >= 0.6 is 0 Å². The number of likely N-dealkylation sites (N-methyl/N-ethyl adjacent to an activating group) is 1. The van der Waals surface area contributed by atoms with Crippen LogP contribution in [0.1, 0.15) is 12.5 Å². The summed E-state index contributed by atoms with van der Waals surface area (Å²) >= 11 is 0. The first-order valence-corrected chi connectivity index (χ1v) is 11.7. The molecule has 0 bridgehead atoms. The Morgan fingerprint density at radius 3 is 2.26 bits per heavy atom. The number of methoxy groups -OCH3 is 1. The second kappa shape index (κ2) is 10.8. The molecule has 2 amide bonds. The molecule has 0 unspecified atom stereocenters. The average molecular weight is 448 g/mol. The molecule has 1 atom stereocenters. The van der Waals surface area contributed by atoms with E-state index < -0.39 is 28.5 Å². The van der Waals surface area contributed by atoms with Gasteiger partial charge in [-0.1, -0.05) is 42.5 Å². The lowest BCUT2D eigenvalue weighted by molar-refractivity contribution is -0.138. The Labute approximate surface area is 183 Å². The van der Waals surface area contributed by atoms with Gasteiger partial charge < -0.3 is 15.0 Å². The lowest BCUT2D eigenvalue weighted by Crippen LogP contribution is -2.51. The Balaban J connectivity index is 2.33. The lowest BCUT2D eigenvalue weighted by atomic mass is 10.1. The van der Waals surface area contributed by atoms with Crippen LogP contribution in [0.2, 0.25) is 0 Å². The summed E-state index contributed by atoms with van der Waals surface area (Å²) in [5.41, 5.74) is 1.27. The van der Waals surface area contributed by atoms with Gasteiger partial charge in [0.1, 0.15) is 18.3 Å². The van der Waals surface area contributed by atoms with Gasteiger partial charge in [0.25, 0.3) is 0 Å². The molecule has 0 aromatic heterocycles. The molecule has 0 saturated heterocycles. The van der Waals surface area contributed by atoms with Crippen molar-refractivity contribution in [2.45, 2.75) is 19.4 Å². The van der Waals surface area contributed by atoms with Crippen molar-refractivity contribution in [3.63, 3.8) is 0 Å². The maximum atomic E-state index is 13.3. The lowest BCUT2D eigenvalue weighted by Gasteiger charge is -2.31. The van der Waals surface area contributed by atoms with Crippen LogP contribution in [0.15, 0.2) is 54.6 Å². The highest BCUT2D eigenvalue weighted by Gasteiger charge is 2.30. The van der Waals surface area contributed by atoms with Gasteiger partial charge in [0, 0.05) is 13.6 Å². The summed E-state index contributed by atoms with van der Waals surface area (Å²) in [6.07, 6.45) is 1.56. The first-order chi connectivity index (χ1) is 14.7. The summed E-state index contributed by atoms with van der Waals surface area (Å²) in [5.74, 6) is -0.483. The van der Waals surface area contributed by atoms with E-state index in [9.17, 15) is 18.0 Å². The van der Waals surface area contributed by atoms with E-state index in [1.807, 2.05) is 30.3 Å². The molecule has 0 aliphatic heterocycles. The number of sulfonamides is 1. The zero-order valence-corrected chi connectivity index (χ0v) is 19.1. The Bertz CT molecular complexity index is 995. The van der Waals surface area contributed by atoms with E-state index in [-0.39, 0.29) is 18.1 Å². The van der Waals surface area contributed by atoms with Crippen molar-refractivity contribution in [3.8, 4) is 5.75 Å². The van der Waals surface area contributed by atoms with Gasteiger partial charge >= 0.3 is 0 Å². The molecular weight excluding hydrogens is 418 g/mol. The number of amides is 2. The van der Waals surface area contributed by atoms with Crippen molar-refractivity contribution in [1.29, 1.82) is 0 Å². The van der Waals surface area contributed by atoms with Crippen molar-refractivity contribution in [2.75, 3.05) is 37.8 Å². The zero-order chi connectivity index (χ0) is 23.0. The third-order valence-corrected chi connectivity index (χ3v) is 6.06. The fourth-order valence-electron chi connectivity index (χ4n) is 3.21. The largest absolute Gasteiger partial charge is 0.495 e. The molecule has 0 spiro atoms. The van der Waals surface area contributed by atoms with E-state index in [2.05, 4.69) is 5.32 Å². The Morgan fingerprint density at radius 2 is 1.68 bits per heavy atom. The van der Waals surface area contributed by atoms with Crippen LogP contribution in [-0.4, -0.2) is 64.7 Å². The van der Waals surface area contributed by atoms with Crippen molar-refractivity contribution < 1.29 is 22.7 Å². The summed E-state index contributed by atoms with van der Waals surface area (Å²) < 4.78 is 31.3. The summed E-state index contributed by atoms with van der Waals surface area (Å²) in [7, 11) is -0.865. The second-order valence-electron chi connectivity index (χ2n) is 7.05. The quantitative estimate of drug-likeness (QED) is 0.598. The number of hydrogen-bond donors (Lipinski definition) is 1. The number of hydrogen-bond acceptors (Lipinski definition) is 5. The maximum Gasteiger partial charge on any atom is 0.244 e. The molecule has 1 N–H and O–H groups in total. The van der Waals surface area contributed by atoms with E-state index in [1.165, 1.54) is 19.1 Å². The summed E-state index contributed by atoms with van der Waals surface area (Å²) in [6.45, 7) is 1.44. The molecular formula is C22H29N3O5S. The normalized spacial score (nSPS) is 12.0. The molecule has 168 valence electrons. The monoisotopic (exact) mass is 447 g/mol. The van der Waals surface area contributed by atoms with Crippen molar-refractivity contribution in [3.05, 3.63) is 60.2 Å². The maximum absolute atomic E-state index is 13.3. The number of para-hydroxylation sites is 2. The van der Waals surface area contributed by atoms with Crippen LogP contribution < -0.4 is 14.4 Å². The predicted molar refractivity (Wildman–Crippen MR) is 121 cm³/mol. The fraction of sp³-hybridized carbons (Fsp3) is 0.364. The van der Waals surface area contributed by atoms with Gasteiger partial charge in [0.05, 0.1) is 19.1 Å². The van der Waals surface area contributed by atoms with Crippen molar-refractivity contribution in [1.82, 2.24) is 10.2 Å². The standard InChI is InChI=1S/C22H29N3O5S/c1-17(22(27)23-2)24(15-14-18-10-6-5-7-11-18)21(26)16-25(31(4,28)29)19-12-8-9-13-20(19)30-3/h5-13,17H,14-16H2,1-4H3,(H,23,27)/t17-/m0/s1. The minimum atomic E-state index is -3.79. The number of carbonyl (C=O) groups excluding carboxylic acids is 2. The number of ether oxygens (including phenoxy) is 1. The van der Waals surface area contributed by atoms with Crippen LogP contribution in [0, 0.1) is 0 Å². The first kappa shape index (κ1) is 24.2. The highest BCUT2D eigenvalue weighted by molar-refractivity contribution is 7.92. The molecule has 0 saturated carbocycles. The minimum absolute atomic E-state index is 0.261. The third-order valence-electron chi connectivity index (χ3n) is 4.93. The molecule has 2 aromatic rings. The van der Waals surface area contributed by atoms with Crippen molar-refractivity contribution in [2.24, 2.45) is 0 Å². The molecule has 0 radical (unpaired) electrons. The Morgan fingerprint density at radius 1 is 1.06 bits per heavy atom. The first-order valence-electron chi connectivity index (χ1n) is 9.84. The highest BCUT2D eigenvalue weighted by atomic mass is 32.2. The van der Waals surface area contributed by atoms with E-state index in [0.717, 1.165) is 16.1 Å². The molecule has 2 rings (SSSR count). The molecule has 31 heavy (non-hydrogen) atoms. The number of anilines is 1. The SMILES string of the molecule is CNC(=O)[C@H](C)N(CCc1ccccc1)C(=O)CN(c1ccccc1OC)S(C)(=O)=O. The molecule has 9 heteroatoms. The summed E-state index contributed by atoms with van der Waals surface area (Å²) in [5, 5.41) is 2.55. The van der Waals surface area contributed by atoms with Gasteiger partial charge in [-0.15, -0.1) is 0 Å². The predicted octanol–water partition coefficient (Wildman–Crippen LogP) is 1.67. The topological polar surface area (TPSA) is 96.0 Å². The van der Waals surface area contributed by atoms with Crippen LogP contribution in [0.4, 0.5) is 5.69 Å². The van der Waals surface area contributed by atoms with Crippen LogP contribution in [0.3, 0.4) is 0 Å². The van der Waals surface area contributed by atoms with Crippen molar-refractivity contribution >= 4 is 27.5 Å². The van der Waals surface area contributed by atoms with Gasteiger partial charge in [0.15, 0.2) is 0 Å². The van der Waals surface area contributed by atoms with E-state index in [1.54, 1.807) is 31.2 Å². The molecule has 0 fully saturated rings. The summed E-state index contributed by atoms with van der Waals surface area (Å²) in [4.78, 5) is 26.9. The fourth-order valence-corrected chi connectivity index (χ4v) is 4.06. The van der Waals surface area contributed by atoms with E-state index in [4.69, 9.17) is 4.74 Å². The number of nitrogens with one attached hydrogen (secondary N) is 1. The highest BCUT2D eigenvalue weighted by Crippen LogP contribution is 2.29. The van der Waals surface area contributed by atoms with Crippen LogP contribution in [-0.2, 0) is 26.0 Å². The van der Waals surface area contributed by atoms with Gasteiger partial charge in [-0.2, -0.15) is 0 Å². The number of benzene rings is 2. The number of nitrogens with zero attached hydrogens (tertiary/aromatic N) is 2. The second-order valence-corrected chi connectivity index (χ2v) is 8.96. The van der Waals surface area contributed by atoms with Crippen LogP contribution in [0.25, 0.3) is 0 Å².